The summed E-state index contributed by atoms with van der Waals surface area (Å²) in [5, 5.41) is 3.44. The summed E-state index contributed by atoms with van der Waals surface area (Å²) in [6.45, 7) is 9.56. The van der Waals surface area contributed by atoms with Gasteiger partial charge in [-0.25, -0.2) is 0 Å². The van der Waals surface area contributed by atoms with Crippen molar-refractivity contribution in [2.75, 3.05) is 6.54 Å². The van der Waals surface area contributed by atoms with Gasteiger partial charge in [0.1, 0.15) is 5.60 Å². The fraction of sp³-hybridized carbons (Fsp3) is 0.846. The van der Waals surface area contributed by atoms with Crippen LogP contribution in [0, 0.1) is 0 Å². The van der Waals surface area contributed by atoms with Gasteiger partial charge in [-0.1, -0.05) is 13.3 Å². The van der Waals surface area contributed by atoms with E-state index in [0.717, 1.165) is 12.4 Å². The van der Waals surface area contributed by atoms with E-state index in [4.69, 9.17) is 4.74 Å². The first kappa shape index (κ1) is 12.4. The molecule has 1 saturated carbocycles. The molecule has 0 saturated heterocycles. The normalized spacial score (nSPS) is 15.9. The Morgan fingerprint density at radius 2 is 2.00 bits per heavy atom. The Morgan fingerprint density at radius 3 is 2.40 bits per heavy atom. The molecule has 2 nitrogen and oxygen atoms in total. The molecule has 0 unspecified atom stereocenters. The third-order valence-electron chi connectivity index (χ3n) is 2.50. The third kappa shape index (κ3) is 4.59. The molecule has 2 heteroatoms. The summed E-state index contributed by atoms with van der Waals surface area (Å²) in [6, 6.07) is 0. The summed E-state index contributed by atoms with van der Waals surface area (Å²) in [5.41, 5.74) is 1.39. The van der Waals surface area contributed by atoms with Crippen LogP contribution in [-0.2, 0) is 4.74 Å². The minimum absolute atomic E-state index is 0.0862. The second-order valence-corrected chi connectivity index (χ2v) is 5.28. The van der Waals surface area contributed by atoms with Crippen molar-refractivity contribution in [1.29, 1.82) is 0 Å². The third-order valence-corrected chi connectivity index (χ3v) is 2.50. The van der Waals surface area contributed by atoms with E-state index in [1.165, 1.54) is 37.7 Å². The molecule has 0 aliphatic heterocycles. The summed E-state index contributed by atoms with van der Waals surface area (Å²) in [6.07, 6.45) is 6.19. The van der Waals surface area contributed by atoms with E-state index in [0.29, 0.717) is 0 Å². The van der Waals surface area contributed by atoms with E-state index in [9.17, 15) is 0 Å². The van der Waals surface area contributed by atoms with Crippen molar-refractivity contribution in [2.24, 2.45) is 0 Å². The van der Waals surface area contributed by atoms with Crippen LogP contribution in [0.4, 0.5) is 0 Å². The van der Waals surface area contributed by atoms with Gasteiger partial charge in [-0.2, -0.15) is 0 Å². The van der Waals surface area contributed by atoms with Gasteiger partial charge in [0.2, 0.25) is 0 Å². The first-order chi connectivity index (χ1) is 7.03. The van der Waals surface area contributed by atoms with E-state index in [-0.39, 0.29) is 5.60 Å². The highest BCUT2D eigenvalue weighted by Gasteiger charge is 2.20. The molecule has 1 rings (SSSR count). The number of hydrogen-bond donors (Lipinski definition) is 1. The largest absolute Gasteiger partial charge is 0.474 e. The average molecular weight is 211 g/mol. The van der Waals surface area contributed by atoms with Gasteiger partial charge >= 0.3 is 0 Å². The lowest BCUT2D eigenvalue weighted by Gasteiger charge is -2.29. The fourth-order valence-electron chi connectivity index (χ4n) is 1.50. The topological polar surface area (TPSA) is 21.3 Å². The zero-order valence-electron chi connectivity index (χ0n) is 10.7. The Kier molecular flexibility index (Phi) is 4.49. The van der Waals surface area contributed by atoms with Crippen molar-refractivity contribution in [3.8, 4) is 0 Å². The molecule has 0 atom stereocenters. The number of rotatable bonds is 5. The fourth-order valence-corrected chi connectivity index (χ4v) is 1.50. The molecule has 1 N–H and O–H groups in total. The first-order valence-electron chi connectivity index (χ1n) is 6.18. The maximum Gasteiger partial charge on any atom is 0.186 e. The Balaban J connectivity index is 2.47. The molecule has 15 heavy (non-hydrogen) atoms. The summed E-state index contributed by atoms with van der Waals surface area (Å²) >= 11 is 0. The number of unbranched alkanes of at least 4 members (excludes halogenated alkanes) is 1. The van der Waals surface area contributed by atoms with Crippen LogP contribution < -0.4 is 5.32 Å². The molecule has 0 bridgehead atoms. The number of allylic oxidation sites excluding steroid dienone is 1. The number of ether oxygens (including phenoxy) is 1. The smallest absolute Gasteiger partial charge is 0.186 e. The molecule has 1 aliphatic rings. The van der Waals surface area contributed by atoms with Gasteiger partial charge in [-0.3, -0.25) is 0 Å². The second kappa shape index (κ2) is 5.43. The quantitative estimate of drug-likeness (QED) is 0.554. The van der Waals surface area contributed by atoms with Gasteiger partial charge in [-0.15, -0.1) is 0 Å². The van der Waals surface area contributed by atoms with Crippen LogP contribution in [0.2, 0.25) is 0 Å². The molecule has 0 aromatic rings. The van der Waals surface area contributed by atoms with Crippen molar-refractivity contribution in [3.05, 3.63) is 11.5 Å². The van der Waals surface area contributed by atoms with Gasteiger partial charge < -0.3 is 10.1 Å². The van der Waals surface area contributed by atoms with Crippen molar-refractivity contribution in [3.63, 3.8) is 0 Å². The highest BCUT2D eigenvalue weighted by atomic mass is 16.5. The number of nitrogens with one attached hydrogen (secondary N) is 1. The molecule has 0 aromatic heterocycles. The highest BCUT2D eigenvalue weighted by molar-refractivity contribution is 5.14. The van der Waals surface area contributed by atoms with E-state index >= 15 is 0 Å². The van der Waals surface area contributed by atoms with Crippen molar-refractivity contribution >= 4 is 0 Å². The average Bonchev–Trinajstić information content (AvgIpc) is 1.98. The maximum atomic E-state index is 5.96. The van der Waals surface area contributed by atoms with Crippen LogP contribution in [0.1, 0.15) is 59.8 Å². The van der Waals surface area contributed by atoms with E-state index in [1.54, 1.807) is 0 Å². The van der Waals surface area contributed by atoms with E-state index in [2.05, 4.69) is 33.0 Å². The number of hydrogen-bond acceptors (Lipinski definition) is 2. The SMILES string of the molecule is CCCCNC(OC(C)(C)C)=C1CCC1. The van der Waals surface area contributed by atoms with E-state index in [1.807, 2.05) is 0 Å². The Labute approximate surface area is 94.1 Å². The molecule has 0 aromatic carbocycles. The lowest BCUT2D eigenvalue weighted by molar-refractivity contribution is 0.0360. The minimum Gasteiger partial charge on any atom is -0.474 e. The monoisotopic (exact) mass is 211 g/mol. The lowest BCUT2D eigenvalue weighted by atomic mass is 9.92. The van der Waals surface area contributed by atoms with Crippen LogP contribution in [0.15, 0.2) is 11.5 Å². The lowest BCUT2D eigenvalue weighted by Crippen LogP contribution is -2.29. The predicted octanol–water partition coefficient (Wildman–Crippen LogP) is 3.59. The molecular formula is C13H25NO. The zero-order valence-corrected chi connectivity index (χ0v) is 10.7. The van der Waals surface area contributed by atoms with Gasteiger partial charge in [0.15, 0.2) is 5.88 Å². The van der Waals surface area contributed by atoms with Gasteiger partial charge in [0.05, 0.1) is 0 Å². The molecular weight excluding hydrogens is 186 g/mol. The maximum absolute atomic E-state index is 5.96. The van der Waals surface area contributed by atoms with E-state index < -0.39 is 0 Å². The van der Waals surface area contributed by atoms with Crippen LogP contribution in [-0.4, -0.2) is 12.1 Å². The van der Waals surface area contributed by atoms with Crippen LogP contribution >= 0.6 is 0 Å². The molecule has 0 amide bonds. The van der Waals surface area contributed by atoms with Crippen molar-refractivity contribution < 1.29 is 4.74 Å². The molecule has 0 heterocycles. The van der Waals surface area contributed by atoms with Gasteiger partial charge in [0, 0.05) is 6.54 Å². The summed E-state index contributed by atoms with van der Waals surface area (Å²) in [5.74, 6) is 1.06. The first-order valence-corrected chi connectivity index (χ1v) is 6.18. The van der Waals surface area contributed by atoms with Crippen molar-refractivity contribution in [1.82, 2.24) is 5.32 Å². The standard InChI is InChI=1S/C13H25NO/c1-5-6-10-14-12(11-8-7-9-11)15-13(2,3)4/h14H,5-10H2,1-4H3. The summed E-state index contributed by atoms with van der Waals surface area (Å²) in [7, 11) is 0. The molecule has 1 fully saturated rings. The predicted molar refractivity (Wildman–Crippen MR) is 64.6 cm³/mol. The zero-order chi connectivity index (χ0) is 11.3. The molecule has 0 radical (unpaired) electrons. The van der Waals surface area contributed by atoms with Crippen LogP contribution in [0.3, 0.4) is 0 Å². The molecule has 1 aliphatic carbocycles. The Bertz CT molecular complexity index is 219. The molecule has 0 spiro atoms. The Morgan fingerprint density at radius 1 is 1.33 bits per heavy atom. The van der Waals surface area contributed by atoms with Crippen LogP contribution in [0.5, 0.6) is 0 Å². The molecule has 88 valence electrons. The Hall–Kier alpha value is -0.660. The summed E-state index contributed by atoms with van der Waals surface area (Å²) < 4.78 is 5.96. The highest BCUT2D eigenvalue weighted by Crippen LogP contribution is 2.30. The minimum atomic E-state index is -0.0862. The summed E-state index contributed by atoms with van der Waals surface area (Å²) in [4.78, 5) is 0. The second-order valence-electron chi connectivity index (χ2n) is 5.28. The van der Waals surface area contributed by atoms with Gasteiger partial charge in [0.25, 0.3) is 0 Å². The van der Waals surface area contributed by atoms with Crippen molar-refractivity contribution in [2.45, 2.75) is 65.4 Å². The van der Waals surface area contributed by atoms with Gasteiger partial charge in [-0.05, 0) is 52.0 Å². The van der Waals surface area contributed by atoms with Crippen LogP contribution in [0.25, 0.3) is 0 Å².